The fraction of sp³-hybridized carbons (Fsp3) is 0.286. The summed E-state index contributed by atoms with van der Waals surface area (Å²) in [5.41, 5.74) is 0.767. The number of thioether (sulfide) groups is 1. The highest BCUT2D eigenvalue weighted by Crippen LogP contribution is 2.36. The summed E-state index contributed by atoms with van der Waals surface area (Å²) in [4.78, 5) is 26.3. The predicted octanol–water partition coefficient (Wildman–Crippen LogP) is 3.41. The molecule has 2 rings (SSSR count). The van der Waals surface area contributed by atoms with Crippen molar-refractivity contribution in [2.24, 2.45) is 0 Å². The number of pyridine rings is 1. The molecule has 1 atom stereocenters. The maximum atomic E-state index is 11.1. The van der Waals surface area contributed by atoms with Crippen molar-refractivity contribution in [1.29, 1.82) is 0 Å². The van der Waals surface area contributed by atoms with Crippen molar-refractivity contribution in [3.05, 3.63) is 40.2 Å². The Kier molecular flexibility index (Phi) is 4.42. The summed E-state index contributed by atoms with van der Waals surface area (Å²) in [6, 6.07) is 4.90. The lowest BCUT2D eigenvalue weighted by Gasteiger charge is -2.11. The van der Waals surface area contributed by atoms with Crippen molar-refractivity contribution in [2.75, 3.05) is 0 Å². The van der Waals surface area contributed by atoms with Crippen LogP contribution in [0.15, 0.2) is 29.3 Å². The Bertz CT molecular complexity index is 717. The van der Waals surface area contributed by atoms with Gasteiger partial charge in [-0.3, -0.25) is 19.9 Å². The number of carboxylic acid groups (broad SMARTS) is 1. The summed E-state index contributed by atoms with van der Waals surface area (Å²) >= 11 is 1.40. The van der Waals surface area contributed by atoms with Crippen LogP contribution in [-0.2, 0) is 4.79 Å². The number of rotatable bonds is 5. The molecule has 1 aromatic carbocycles. The summed E-state index contributed by atoms with van der Waals surface area (Å²) in [5, 5.41) is 21.0. The smallest absolute Gasteiger partial charge is 0.304 e. The third-order valence-corrected chi connectivity index (χ3v) is 4.14. The lowest BCUT2D eigenvalue weighted by molar-refractivity contribution is -0.383. The molecule has 0 fully saturated rings. The molecule has 7 heteroatoms. The van der Waals surface area contributed by atoms with E-state index in [1.54, 1.807) is 12.1 Å². The Morgan fingerprint density at radius 1 is 1.48 bits per heavy atom. The molecule has 0 saturated carbocycles. The molecule has 1 heterocycles. The number of nitrogens with zero attached hydrogens (tertiary/aromatic N) is 2. The molecule has 1 aromatic heterocycles. The van der Waals surface area contributed by atoms with E-state index in [0.717, 1.165) is 16.0 Å². The van der Waals surface area contributed by atoms with Gasteiger partial charge < -0.3 is 5.11 Å². The van der Waals surface area contributed by atoms with Crippen LogP contribution in [0.2, 0.25) is 0 Å². The molecule has 0 radical (unpaired) electrons. The molecule has 1 unspecified atom stereocenters. The largest absolute Gasteiger partial charge is 0.481 e. The number of benzene rings is 1. The van der Waals surface area contributed by atoms with Crippen molar-refractivity contribution in [1.82, 2.24) is 4.98 Å². The highest BCUT2D eigenvalue weighted by Gasteiger charge is 2.17. The summed E-state index contributed by atoms with van der Waals surface area (Å²) < 4.78 is 0. The maximum absolute atomic E-state index is 11.1. The van der Waals surface area contributed by atoms with Gasteiger partial charge in [0.2, 0.25) is 0 Å². The number of nitro benzene ring substituents is 1. The van der Waals surface area contributed by atoms with Crippen LogP contribution in [0.25, 0.3) is 10.8 Å². The average molecular weight is 306 g/mol. The minimum Gasteiger partial charge on any atom is -0.481 e. The molecule has 0 aliphatic heterocycles. The minimum atomic E-state index is -0.862. The zero-order valence-electron chi connectivity index (χ0n) is 11.6. The Balaban J connectivity index is 2.49. The van der Waals surface area contributed by atoms with Crippen LogP contribution in [0.5, 0.6) is 0 Å². The van der Waals surface area contributed by atoms with Gasteiger partial charge in [0.25, 0.3) is 5.69 Å². The molecule has 0 bridgehead atoms. The van der Waals surface area contributed by atoms with E-state index >= 15 is 0 Å². The Morgan fingerprint density at radius 3 is 2.81 bits per heavy atom. The van der Waals surface area contributed by atoms with Gasteiger partial charge in [-0.05, 0) is 19.1 Å². The van der Waals surface area contributed by atoms with Crippen molar-refractivity contribution >= 4 is 34.2 Å². The van der Waals surface area contributed by atoms with E-state index in [1.165, 1.54) is 24.0 Å². The quantitative estimate of drug-likeness (QED) is 0.517. The van der Waals surface area contributed by atoms with Gasteiger partial charge >= 0.3 is 5.97 Å². The van der Waals surface area contributed by atoms with E-state index in [4.69, 9.17) is 5.11 Å². The van der Waals surface area contributed by atoms with E-state index < -0.39 is 10.9 Å². The summed E-state index contributed by atoms with van der Waals surface area (Å²) in [6.07, 6.45) is 1.53. The molecule has 21 heavy (non-hydrogen) atoms. The van der Waals surface area contributed by atoms with Crippen molar-refractivity contribution in [3.8, 4) is 0 Å². The highest BCUT2D eigenvalue weighted by molar-refractivity contribution is 8.00. The molecular formula is C14H14N2O4S. The summed E-state index contributed by atoms with van der Waals surface area (Å²) in [6.45, 7) is 3.63. The first-order valence-electron chi connectivity index (χ1n) is 6.30. The first-order chi connectivity index (χ1) is 9.88. The average Bonchev–Trinajstić information content (AvgIpc) is 2.37. The van der Waals surface area contributed by atoms with Crippen LogP contribution in [0.1, 0.15) is 19.0 Å². The number of aromatic nitrogens is 1. The number of hydrogen-bond donors (Lipinski definition) is 1. The number of aryl methyl sites for hydroxylation is 1. The van der Waals surface area contributed by atoms with Gasteiger partial charge in [-0.25, -0.2) is 0 Å². The second kappa shape index (κ2) is 6.09. The molecule has 0 amide bonds. The molecule has 0 spiro atoms. The Labute approximate surface area is 125 Å². The summed E-state index contributed by atoms with van der Waals surface area (Å²) in [5.74, 6) is -0.862. The van der Waals surface area contributed by atoms with Crippen molar-refractivity contribution in [3.63, 3.8) is 0 Å². The third kappa shape index (κ3) is 3.49. The SMILES string of the molecule is Cc1cc2c(SC(C)CC(=O)O)ccc([N+](=O)[O-])c2cn1. The normalized spacial score (nSPS) is 12.3. The zero-order valence-corrected chi connectivity index (χ0v) is 12.4. The van der Waals surface area contributed by atoms with E-state index in [2.05, 4.69) is 4.98 Å². The Hall–Kier alpha value is -2.15. The molecule has 2 aromatic rings. The number of carboxylic acids is 1. The van der Waals surface area contributed by atoms with Crippen LogP contribution < -0.4 is 0 Å². The number of non-ortho nitro benzene ring substituents is 1. The number of aliphatic carboxylic acids is 1. The van der Waals surface area contributed by atoms with E-state index in [9.17, 15) is 14.9 Å². The molecule has 1 N–H and O–H groups in total. The molecule has 6 nitrogen and oxygen atoms in total. The lowest BCUT2D eigenvalue weighted by atomic mass is 10.1. The highest BCUT2D eigenvalue weighted by atomic mass is 32.2. The van der Waals surface area contributed by atoms with Gasteiger partial charge in [0.1, 0.15) is 0 Å². The fourth-order valence-electron chi connectivity index (χ4n) is 2.07. The van der Waals surface area contributed by atoms with Crippen LogP contribution in [0.3, 0.4) is 0 Å². The first kappa shape index (κ1) is 15.2. The van der Waals surface area contributed by atoms with Gasteiger partial charge in [-0.1, -0.05) is 6.92 Å². The topological polar surface area (TPSA) is 93.3 Å². The van der Waals surface area contributed by atoms with E-state index in [0.29, 0.717) is 5.39 Å². The van der Waals surface area contributed by atoms with Crippen LogP contribution in [0.4, 0.5) is 5.69 Å². The number of hydrogen-bond acceptors (Lipinski definition) is 5. The van der Waals surface area contributed by atoms with Crippen LogP contribution in [-0.4, -0.2) is 26.2 Å². The lowest BCUT2D eigenvalue weighted by Crippen LogP contribution is -2.05. The second-order valence-corrected chi connectivity index (χ2v) is 6.22. The Morgan fingerprint density at radius 2 is 2.19 bits per heavy atom. The fourth-order valence-corrected chi connectivity index (χ4v) is 3.17. The second-order valence-electron chi connectivity index (χ2n) is 4.74. The standard InChI is InChI=1S/C14H14N2O4S/c1-8-5-10-11(7-15-8)12(16(19)20)3-4-13(10)21-9(2)6-14(17)18/h3-5,7,9H,6H2,1-2H3,(H,17,18). The third-order valence-electron chi connectivity index (χ3n) is 2.96. The number of nitro groups is 1. The molecule has 0 saturated heterocycles. The van der Waals surface area contributed by atoms with Gasteiger partial charge in [0, 0.05) is 33.5 Å². The maximum Gasteiger partial charge on any atom is 0.304 e. The number of carbonyl (C=O) groups is 1. The van der Waals surface area contributed by atoms with Gasteiger partial charge in [0.05, 0.1) is 16.7 Å². The van der Waals surface area contributed by atoms with Gasteiger partial charge in [-0.15, -0.1) is 11.8 Å². The van der Waals surface area contributed by atoms with Gasteiger partial charge in [-0.2, -0.15) is 0 Å². The van der Waals surface area contributed by atoms with Crippen molar-refractivity contribution < 1.29 is 14.8 Å². The zero-order chi connectivity index (χ0) is 15.6. The molecule has 0 aliphatic rings. The molecule has 0 aliphatic carbocycles. The van der Waals surface area contributed by atoms with Gasteiger partial charge in [0.15, 0.2) is 0 Å². The van der Waals surface area contributed by atoms with E-state index in [1.807, 2.05) is 13.8 Å². The van der Waals surface area contributed by atoms with E-state index in [-0.39, 0.29) is 17.4 Å². The monoisotopic (exact) mass is 306 g/mol. The summed E-state index contributed by atoms with van der Waals surface area (Å²) in [7, 11) is 0. The first-order valence-corrected chi connectivity index (χ1v) is 7.18. The molecule has 110 valence electrons. The molecular weight excluding hydrogens is 292 g/mol. The van der Waals surface area contributed by atoms with Crippen molar-refractivity contribution in [2.45, 2.75) is 30.4 Å². The minimum absolute atomic E-state index is 0.00716. The van der Waals surface area contributed by atoms with Crippen LogP contribution in [0, 0.1) is 17.0 Å². The number of fused-ring (bicyclic) bond motifs is 1. The predicted molar refractivity (Wildman–Crippen MR) is 80.7 cm³/mol. The van der Waals surface area contributed by atoms with Crippen LogP contribution >= 0.6 is 11.8 Å².